The largest absolute Gasteiger partial charge is 0.416 e. The number of fused-ring (bicyclic) bond motifs is 1. The Morgan fingerprint density at radius 1 is 1.32 bits per heavy atom. The summed E-state index contributed by atoms with van der Waals surface area (Å²) in [5.41, 5.74) is 3.30. The van der Waals surface area contributed by atoms with E-state index in [1.807, 2.05) is 29.5 Å². The smallest absolute Gasteiger partial charge is 0.191 e. The molecule has 0 fully saturated rings. The number of para-hydroxylation sites is 2. The van der Waals surface area contributed by atoms with Crippen molar-refractivity contribution in [2.75, 3.05) is 6.61 Å². The van der Waals surface area contributed by atoms with Crippen LogP contribution in [0.15, 0.2) is 35.6 Å². The van der Waals surface area contributed by atoms with Crippen LogP contribution in [0.1, 0.15) is 27.2 Å². The summed E-state index contributed by atoms with van der Waals surface area (Å²) in [5, 5.41) is 0.243. The zero-order valence-corrected chi connectivity index (χ0v) is 16.6. The summed E-state index contributed by atoms with van der Waals surface area (Å²) >= 11 is 3.49. The lowest BCUT2D eigenvalue weighted by atomic mass is 10.2. The van der Waals surface area contributed by atoms with E-state index in [4.69, 9.17) is 4.43 Å². The molecule has 0 saturated carbocycles. The van der Waals surface area contributed by atoms with Crippen molar-refractivity contribution in [2.24, 2.45) is 0 Å². The topological polar surface area (TPSA) is 27.1 Å². The number of benzene rings is 1. The molecule has 0 aliphatic carbocycles. The quantitative estimate of drug-likeness (QED) is 0.627. The van der Waals surface area contributed by atoms with Crippen LogP contribution in [0, 0.1) is 0 Å². The lowest BCUT2D eigenvalue weighted by Gasteiger charge is -2.36. The molecule has 0 unspecified atom stereocenters. The van der Waals surface area contributed by atoms with E-state index in [2.05, 4.69) is 65.4 Å². The number of aromatic nitrogens is 2. The van der Waals surface area contributed by atoms with Crippen molar-refractivity contribution in [1.82, 2.24) is 9.55 Å². The Bertz CT molecular complexity index is 671. The van der Waals surface area contributed by atoms with Crippen molar-refractivity contribution in [3.8, 4) is 0 Å². The Balaban J connectivity index is 2.08. The maximum Gasteiger partial charge on any atom is 0.191 e. The van der Waals surface area contributed by atoms with Gasteiger partial charge in [-0.15, -0.1) is 0 Å². The summed E-state index contributed by atoms with van der Waals surface area (Å²) in [7, 11) is -1.69. The molecule has 22 heavy (non-hydrogen) atoms. The Morgan fingerprint density at radius 2 is 2.00 bits per heavy atom. The molecule has 1 aromatic heterocycles. The molecule has 0 N–H and O–H groups in total. The maximum atomic E-state index is 6.28. The molecule has 0 radical (unpaired) electrons. The second-order valence-corrected chi connectivity index (χ2v) is 12.3. The van der Waals surface area contributed by atoms with Crippen molar-refractivity contribution in [1.29, 1.82) is 0 Å². The van der Waals surface area contributed by atoms with Crippen LogP contribution in [0.5, 0.6) is 0 Å². The average molecular weight is 381 g/mol. The molecule has 0 amide bonds. The number of imidazole rings is 1. The van der Waals surface area contributed by atoms with Crippen LogP contribution in [-0.2, 0) is 4.43 Å². The number of nitrogens with zero attached hydrogens (tertiary/aromatic N) is 2. The number of halogens is 1. The monoisotopic (exact) mass is 380 g/mol. The molecule has 0 aliphatic heterocycles. The van der Waals surface area contributed by atoms with Crippen LogP contribution in [0.3, 0.4) is 0 Å². The second kappa shape index (κ2) is 6.68. The van der Waals surface area contributed by atoms with Crippen molar-refractivity contribution >= 4 is 41.0 Å². The lowest BCUT2D eigenvalue weighted by Crippen LogP contribution is -2.41. The van der Waals surface area contributed by atoms with Crippen LogP contribution in [0.4, 0.5) is 0 Å². The van der Waals surface area contributed by atoms with Gasteiger partial charge < -0.3 is 8.99 Å². The first-order valence-electron chi connectivity index (χ1n) is 7.62. The first kappa shape index (κ1) is 17.4. The minimum atomic E-state index is -1.69. The lowest BCUT2D eigenvalue weighted by molar-refractivity contribution is 0.295. The predicted molar refractivity (Wildman–Crippen MR) is 101 cm³/mol. The fourth-order valence-corrected chi connectivity index (χ4v) is 3.54. The summed E-state index contributed by atoms with van der Waals surface area (Å²) in [6.07, 6.45) is 2.74. The van der Waals surface area contributed by atoms with Gasteiger partial charge in [0.1, 0.15) is 6.33 Å². The number of hydrogen-bond acceptors (Lipinski definition) is 2. The molecule has 0 spiro atoms. The van der Waals surface area contributed by atoms with Crippen LogP contribution >= 0.6 is 15.9 Å². The van der Waals surface area contributed by atoms with E-state index in [9.17, 15) is 0 Å². The third kappa shape index (κ3) is 3.70. The highest BCUT2D eigenvalue weighted by molar-refractivity contribution is 9.11. The highest BCUT2D eigenvalue weighted by Crippen LogP contribution is 2.36. The van der Waals surface area contributed by atoms with Gasteiger partial charge in [-0.1, -0.05) is 48.8 Å². The summed E-state index contributed by atoms with van der Waals surface area (Å²) in [6, 6.07) is 8.17. The summed E-state index contributed by atoms with van der Waals surface area (Å²) in [5.74, 6) is 0. The van der Waals surface area contributed by atoms with E-state index in [0.29, 0.717) is 0 Å². The molecule has 0 atom stereocenters. The van der Waals surface area contributed by atoms with E-state index >= 15 is 0 Å². The van der Waals surface area contributed by atoms with Crippen LogP contribution in [0.25, 0.3) is 16.7 Å². The predicted octanol–water partition coefficient (Wildman–Crippen LogP) is 5.64. The van der Waals surface area contributed by atoms with Gasteiger partial charge in [-0.2, -0.15) is 0 Å². The molecule has 1 aromatic carbocycles. The van der Waals surface area contributed by atoms with Gasteiger partial charge in [-0.3, -0.25) is 0 Å². The van der Waals surface area contributed by atoms with Gasteiger partial charge in [0.05, 0.1) is 11.0 Å². The molecule has 0 bridgehead atoms. The molecule has 2 aromatic rings. The SMILES string of the molecule is CC(C)(C)[Si](C)(C)OCC/C(=C/Br)n1cnc2ccccc21. The second-order valence-electron chi connectivity index (χ2n) is 7.06. The van der Waals surface area contributed by atoms with Gasteiger partial charge in [0.15, 0.2) is 8.32 Å². The molecule has 2 rings (SSSR count). The van der Waals surface area contributed by atoms with Gasteiger partial charge in [-0.05, 0) is 30.3 Å². The molecule has 120 valence electrons. The summed E-state index contributed by atoms with van der Waals surface area (Å²) in [4.78, 5) is 6.42. The molecule has 0 aliphatic rings. The molecular weight excluding hydrogens is 356 g/mol. The van der Waals surface area contributed by atoms with E-state index in [0.717, 1.165) is 29.8 Å². The molecule has 1 heterocycles. The Morgan fingerprint density at radius 3 is 2.64 bits per heavy atom. The van der Waals surface area contributed by atoms with Crippen LogP contribution in [0.2, 0.25) is 18.1 Å². The van der Waals surface area contributed by atoms with Crippen LogP contribution < -0.4 is 0 Å². The van der Waals surface area contributed by atoms with E-state index in [1.54, 1.807) is 0 Å². The first-order valence-corrected chi connectivity index (χ1v) is 11.4. The van der Waals surface area contributed by atoms with Gasteiger partial charge in [0.25, 0.3) is 0 Å². The Kier molecular flexibility index (Phi) is 5.30. The van der Waals surface area contributed by atoms with Gasteiger partial charge in [0.2, 0.25) is 0 Å². The van der Waals surface area contributed by atoms with E-state index in [-0.39, 0.29) is 5.04 Å². The van der Waals surface area contributed by atoms with Crippen molar-refractivity contribution in [2.45, 2.75) is 45.3 Å². The molecular formula is C17H25BrN2OSi. The summed E-state index contributed by atoms with van der Waals surface area (Å²) in [6.45, 7) is 12.1. The number of rotatable bonds is 5. The van der Waals surface area contributed by atoms with Gasteiger partial charge >= 0.3 is 0 Å². The Hall–Kier alpha value is -0.913. The van der Waals surface area contributed by atoms with Gasteiger partial charge in [-0.25, -0.2) is 4.98 Å². The minimum absolute atomic E-state index is 0.243. The third-order valence-corrected chi connectivity index (χ3v) is 9.58. The normalized spacial score (nSPS) is 13.8. The van der Waals surface area contributed by atoms with E-state index in [1.165, 1.54) is 0 Å². The zero-order valence-electron chi connectivity index (χ0n) is 14.1. The zero-order chi connectivity index (χ0) is 16.4. The standard InChI is InChI=1S/C17H25BrN2OSi/c1-17(2,3)22(4,5)21-11-10-14(12-18)20-13-19-15-8-6-7-9-16(15)20/h6-9,12-13H,10-11H2,1-5H3/b14-12-. The molecule has 0 saturated heterocycles. The van der Waals surface area contributed by atoms with Crippen LogP contribution in [-0.4, -0.2) is 24.5 Å². The van der Waals surface area contributed by atoms with Crippen molar-refractivity contribution in [3.05, 3.63) is 35.6 Å². The highest BCUT2D eigenvalue weighted by Gasteiger charge is 2.36. The minimum Gasteiger partial charge on any atom is -0.416 e. The fourth-order valence-electron chi connectivity index (χ4n) is 2.04. The molecule has 3 nitrogen and oxygen atoms in total. The van der Waals surface area contributed by atoms with E-state index < -0.39 is 8.32 Å². The Labute approximate surface area is 142 Å². The maximum absolute atomic E-state index is 6.28. The fraction of sp³-hybridized carbons (Fsp3) is 0.471. The third-order valence-electron chi connectivity index (χ3n) is 4.52. The van der Waals surface area contributed by atoms with Crippen molar-refractivity contribution < 1.29 is 4.43 Å². The van der Waals surface area contributed by atoms with Gasteiger partial charge in [0, 0.05) is 23.7 Å². The highest BCUT2D eigenvalue weighted by atomic mass is 79.9. The molecule has 5 heteroatoms. The van der Waals surface area contributed by atoms with Crippen molar-refractivity contribution in [3.63, 3.8) is 0 Å². The summed E-state index contributed by atoms with van der Waals surface area (Å²) < 4.78 is 8.40. The average Bonchev–Trinajstić information content (AvgIpc) is 2.86. The number of hydrogen-bond donors (Lipinski definition) is 0. The first-order chi connectivity index (χ1) is 10.3.